The molecule has 1 saturated heterocycles. The van der Waals surface area contributed by atoms with E-state index in [0.717, 1.165) is 18.5 Å². The minimum atomic E-state index is -0.736. The first kappa shape index (κ1) is 15.3. The van der Waals surface area contributed by atoms with Crippen LogP contribution in [-0.2, 0) is 11.3 Å². The van der Waals surface area contributed by atoms with Crippen molar-refractivity contribution >= 4 is 5.97 Å². The van der Waals surface area contributed by atoms with E-state index in [9.17, 15) is 9.90 Å². The highest BCUT2D eigenvalue weighted by Crippen LogP contribution is 2.30. The molecule has 0 aromatic heterocycles. The van der Waals surface area contributed by atoms with Crippen LogP contribution in [0.1, 0.15) is 30.9 Å². The van der Waals surface area contributed by atoms with Gasteiger partial charge in [-0.1, -0.05) is 6.07 Å². The van der Waals surface area contributed by atoms with E-state index < -0.39 is 11.4 Å². The Labute approximate surface area is 124 Å². The molecule has 1 aliphatic rings. The normalized spacial score (nSPS) is 22.5. The van der Waals surface area contributed by atoms with Crippen LogP contribution >= 0.6 is 0 Å². The van der Waals surface area contributed by atoms with Gasteiger partial charge in [-0.2, -0.15) is 5.26 Å². The smallest absolute Gasteiger partial charge is 0.310 e. The summed E-state index contributed by atoms with van der Waals surface area (Å²) in [5.41, 5.74) is 0.831. The van der Waals surface area contributed by atoms with Gasteiger partial charge in [0, 0.05) is 13.1 Å². The van der Waals surface area contributed by atoms with Crippen LogP contribution in [0, 0.1) is 16.7 Å². The van der Waals surface area contributed by atoms with Crippen molar-refractivity contribution in [3.8, 4) is 11.8 Å². The molecule has 0 amide bonds. The Morgan fingerprint density at radius 1 is 1.57 bits per heavy atom. The number of carboxylic acids is 1. The van der Waals surface area contributed by atoms with Crippen molar-refractivity contribution in [3.05, 3.63) is 29.3 Å². The molecule has 0 bridgehead atoms. The number of benzene rings is 1. The van der Waals surface area contributed by atoms with Crippen molar-refractivity contribution in [1.29, 1.82) is 5.26 Å². The van der Waals surface area contributed by atoms with Crippen molar-refractivity contribution in [2.75, 3.05) is 20.2 Å². The summed E-state index contributed by atoms with van der Waals surface area (Å²) in [6, 6.07) is 7.64. The summed E-state index contributed by atoms with van der Waals surface area (Å²) in [7, 11) is 1.54. The quantitative estimate of drug-likeness (QED) is 0.920. The second kappa shape index (κ2) is 6.15. The van der Waals surface area contributed by atoms with E-state index in [1.807, 2.05) is 12.1 Å². The summed E-state index contributed by atoms with van der Waals surface area (Å²) in [6.07, 6.45) is 1.59. The highest BCUT2D eigenvalue weighted by atomic mass is 16.5. The average Bonchev–Trinajstić information content (AvgIpc) is 2.47. The van der Waals surface area contributed by atoms with E-state index in [2.05, 4.69) is 11.0 Å². The fraction of sp³-hybridized carbons (Fsp3) is 0.500. The number of hydrogen-bond donors (Lipinski definition) is 1. The molecule has 1 unspecified atom stereocenters. The Morgan fingerprint density at radius 2 is 2.33 bits per heavy atom. The van der Waals surface area contributed by atoms with Crippen LogP contribution in [0.3, 0.4) is 0 Å². The summed E-state index contributed by atoms with van der Waals surface area (Å²) in [4.78, 5) is 13.5. The van der Waals surface area contributed by atoms with Crippen LogP contribution in [0.5, 0.6) is 5.75 Å². The Kier molecular flexibility index (Phi) is 4.49. The highest BCUT2D eigenvalue weighted by Gasteiger charge is 2.37. The number of rotatable bonds is 4. The summed E-state index contributed by atoms with van der Waals surface area (Å²) in [5.74, 6) is -0.171. The zero-order valence-corrected chi connectivity index (χ0v) is 12.4. The van der Waals surface area contributed by atoms with Gasteiger partial charge >= 0.3 is 5.97 Å². The first-order valence-corrected chi connectivity index (χ1v) is 7.01. The van der Waals surface area contributed by atoms with Gasteiger partial charge < -0.3 is 9.84 Å². The zero-order chi connectivity index (χ0) is 15.5. The lowest BCUT2D eigenvalue weighted by Crippen LogP contribution is -2.45. The van der Waals surface area contributed by atoms with Crippen molar-refractivity contribution < 1.29 is 14.6 Å². The number of nitriles is 1. The van der Waals surface area contributed by atoms with E-state index in [0.29, 0.717) is 30.8 Å². The molecule has 0 aliphatic carbocycles. The van der Waals surface area contributed by atoms with Gasteiger partial charge in [0.25, 0.3) is 0 Å². The third-order valence-corrected chi connectivity index (χ3v) is 4.08. The van der Waals surface area contributed by atoms with Crippen LogP contribution in [0.2, 0.25) is 0 Å². The molecule has 112 valence electrons. The lowest BCUT2D eigenvalue weighted by Gasteiger charge is -2.37. The summed E-state index contributed by atoms with van der Waals surface area (Å²) >= 11 is 0. The number of carboxylic acid groups (broad SMARTS) is 1. The Bertz CT molecular complexity index is 579. The molecule has 5 nitrogen and oxygen atoms in total. The lowest BCUT2D eigenvalue weighted by molar-refractivity contribution is -0.151. The van der Waals surface area contributed by atoms with Crippen LogP contribution in [0.15, 0.2) is 18.2 Å². The third-order valence-electron chi connectivity index (χ3n) is 4.08. The molecule has 1 N–H and O–H groups in total. The fourth-order valence-corrected chi connectivity index (χ4v) is 2.85. The van der Waals surface area contributed by atoms with E-state index in [1.165, 1.54) is 0 Å². The summed E-state index contributed by atoms with van der Waals surface area (Å²) in [6.45, 7) is 3.88. The molecule has 1 fully saturated rings. The number of aliphatic carboxylic acids is 1. The third kappa shape index (κ3) is 3.34. The number of piperidine rings is 1. The molecule has 5 heteroatoms. The second-order valence-electron chi connectivity index (χ2n) is 5.83. The maximum atomic E-state index is 11.4. The topological polar surface area (TPSA) is 73.6 Å². The SMILES string of the molecule is COc1ccc(CN2CCCC(C)(C(=O)O)C2)cc1C#N. The number of carbonyl (C=O) groups is 1. The predicted molar refractivity (Wildman–Crippen MR) is 78.0 cm³/mol. The standard InChI is InChI=1S/C16H20N2O3/c1-16(15(19)20)6-3-7-18(11-16)10-12-4-5-14(21-2)13(8-12)9-17/h4-5,8H,3,6-7,10-11H2,1-2H3,(H,19,20). The summed E-state index contributed by atoms with van der Waals surface area (Å²) < 4.78 is 5.13. The molecular formula is C16H20N2O3. The van der Waals surface area contributed by atoms with Gasteiger partial charge in [-0.25, -0.2) is 0 Å². The van der Waals surface area contributed by atoms with Crippen molar-refractivity contribution in [2.45, 2.75) is 26.3 Å². The molecule has 0 saturated carbocycles. The van der Waals surface area contributed by atoms with Gasteiger partial charge in [-0.3, -0.25) is 9.69 Å². The first-order chi connectivity index (χ1) is 9.98. The number of nitrogens with zero attached hydrogens (tertiary/aromatic N) is 2. The van der Waals surface area contributed by atoms with Crippen LogP contribution < -0.4 is 4.74 Å². The van der Waals surface area contributed by atoms with Crippen molar-refractivity contribution in [3.63, 3.8) is 0 Å². The largest absolute Gasteiger partial charge is 0.495 e. The van der Waals surface area contributed by atoms with Gasteiger partial charge in [0.2, 0.25) is 0 Å². The maximum Gasteiger partial charge on any atom is 0.310 e. The van der Waals surface area contributed by atoms with Gasteiger partial charge in [0.15, 0.2) is 0 Å². The van der Waals surface area contributed by atoms with E-state index >= 15 is 0 Å². The van der Waals surface area contributed by atoms with E-state index in [4.69, 9.17) is 10.00 Å². The molecule has 1 aromatic rings. The molecule has 21 heavy (non-hydrogen) atoms. The Hall–Kier alpha value is -2.06. The van der Waals surface area contributed by atoms with Crippen molar-refractivity contribution in [1.82, 2.24) is 4.90 Å². The van der Waals surface area contributed by atoms with Gasteiger partial charge in [0.1, 0.15) is 11.8 Å². The van der Waals surface area contributed by atoms with E-state index in [-0.39, 0.29) is 0 Å². The Morgan fingerprint density at radius 3 is 2.95 bits per heavy atom. The molecule has 0 radical (unpaired) electrons. The predicted octanol–water partition coefficient (Wildman–Crippen LogP) is 2.25. The molecule has 1 atom stereocenters. The minimum Gasteiger partial charge on any atom is -0.495 e. The fourth-order valence-electron chi connectivity index (χ4n) is 2.85. The van der Waals surface area contributed by atoms with Gasteiger partial charge in [-0.05, 0) is 44.0 Å². The van der Waals surface area contributed by atoms with Crippen LogP contribution in [-0.4, -0.2) is 36.2 Å². The highest BCUT2D eigenvalue weighted by molar-refractivity contribution is 5.74. The second-order valence-corrected chi connectivity index (χ2v) is 5.83. The number of methoxy groups -OCH3 is 1. The lowest BCUT2D eigenvalue weighted by atomic mass is 9.82. The van der Waals surface area contributed by atoms with Gasteiger partial charge in [-0.15, -0.1) is 0 Å². The first-order valence-electron chi connectivity index (χ1n) is 7.01. The number of likely N-dealkylation sites (tertiary alicyclic amines) is 1. The van der Waals surface area contributed by atoms with Crippen molar-refractivity contribution in [2.24, 2.45) is 5.41 Å². The molecular weight excluding hydrogens is 268 g/mol. The molecule has 0 spiro atoms. The van der Waals surface area contributed by atoms with E-state index in [1.54, 1.807) is 20.1 Å². The summed E-state index contributed by atoms with van der Waals surface area (Å²) in [5, 5.41) is 18.5. The van der Waals surface area contributed by atoms with Crippen LogP contribution in [0.4, 0.5) is 0 Å². The maximum absolute atomic E-state index is 11.4. The molecule has 2 rings (SSSR count). The Balaban J connectivity index is 2.12. The minimum absolute atomic E-state index is 0.507. The van der Waals surface area contributed by atoms with Crippen LogP contribution in [0.25, 0.3) is 0 Å². The average molecular weight is 288 g/mol. The zero-order valence-electron chi connectivity index (χ0n) is 12.4. The number of ether oxygens (including phenoxy) is 1. The molecule has 1 heterocycles. The monoisotopic (exact) mass is 288 g/mol. The molecule has 1 aliphatic heterocycles. The van der Waals surface area contributed by atoms with Gasteiger partial charge in [0.05, 0.1) is 18.1 Å². The molecule has 1 aromatic carbocycles. The number of hydrogen-bond acceptors (Lipinski definition) is 4.